The van der Waals surface area contributed by atoms with Gasteiger partial charge in [0.05, 0.1) is 0 Å². The summed E-state index contributed by atoms with van der Waals surface area (Å²) in [6.45, 7) is 7.87. The van der Waals surface area contributed by atoms with Gasteiger partial charge in [0.15, 0.2) is 0 Å². The molecule has 0 radical (unpaired) electrons. The fourth-order valence-corrected chi connectivity index (χ4v) is 2.10. The van der Waals surface area contributed by atoms with Gasteiger partial charge in [0, 0.05) is 9.23 Å². The molecule has 0 atom stereocenters. The maximum absolute atomic E-state index is 3.96. The zero-order valence-corrected chi connectivity index (χ0v) is 6.95. The smallest absolute Gasteiger partial charge is 0.0354 e. The van der Waals surface area contributed by atoms with Crippen LogP contribution in [0, 0.1) is 0 Å². The minimum absolute atomic E-state index is 1.07. The molecule has 11 heavy (non-hydrogen) atoms. The molecule has 2 rings (SSSR count). The third kappa shape index (κ3) is 0.889. The van der Waals surface area contributed by atoms with Crippen LogP contribution in [0.3, 0.4) is 0 Å². The summed E-state index contributed by atoms with van der Waals surface area (Å²) in [6.07, 6.45) is 0. The van der Waals surface area contributed by atoms with E-state index in [1.165, 1.54) is 10.1 Å². The summed E-state index contributed by atoms with van der Waals surface area (Å²) < 4.78 is 2.36. The lowest BCUT2D eigenvalue weighted by atomic mass is 10.2. The van der Waals surface area contributed by atoms with Crippen LogP contribution in [0.15, 0.2) is 24.3 Å². The van der Waals surface area contributed by atoms with Crippen LogP contribution in [-0.4, -0.2) is 0 Å². The first-order chi connectivity index (χ1) is 5.29. The second-order valence-corrected chi connectivity index (χ2v) is 3.64. The van der Waals surface area contributed by atoms with Gasteiger partial charge in [-0.15, -0.1) is 11.3 Å². The summed E-state index contributed by atoms with van der Waals surface area (Å²) in [6, 6.07) is 8.26. The normalized spacial score (nSPS) is 10.5. The molecule has 0 aliphatic carbocycles. The van der Waals surface area contributed by atoms with Crippen molar-refractivity contribution in [2.24, 2.45) is 0 Å². The summed E-state index contributed by atoms with van der Waals surface area (Å²) in [5, 5.41) is 2.31. The van der Waals surface area contributed by atoms with Crippen molar-refractivity contribution in [2.75, 3.05) is 0 Å². The Labute approximate surface area is 69.1 Å². The second-order valence-electron chi connectivity index (χ2n) is 2.50. The number of benzene rings is 1. The van der Waals surface area contributed by atoms with Gasteiger partial charge in [-0.05, 0) is 16.7 Å². The molecular weight excluding hydrogens is 152 g/mol. The predicted molar refractivity (Wildman–Crippen MR) is 52.1 cm³/mol. The van der Waals surface area contributed by atoms with E-state index in [-0.39, 0.29) is 0 Å². The van der Waals surface area contributed by atoms with Crippen LogP contribution in [0.1, 0.15) is 0 Å². The highest BCUT2D eigenvalue weighted by atomic mass is 32.1. The van der Waals surface area contributed by atoms with Gasteiger partial charge < -0.3 is 0 Å². The topological polar surface area (TPSA) is 0 Å². The third-order valence-electron chi connectivity index (χ3n) is 1.78. The summed E-state index contributed by atoms with van der Waals surface area (Å²) in [7, 11) is 0. The molecule has 1 aromatic carbocycles. The Hall–Kier alpha value is -1.08. The van der Waals surface area contributed by atoms with E-state index in [2.05, 4.69) is 25.3 Å². The summed E-state index contributed by atoms with van der Waals surface area (Å²) in [4.78, 5) is 0. The molecule has 1 aromatic heterocycles. The molecule has 1 heterocycles. The first-order valence-corrected chi connectivity index (χ1v) is 4.26. The van der Waals surface area contributed by atoms with Gasteiger partial charge in [-0.1, -0.05) is 31.4 Å². The van der Waals surface area contributed by atoms with E-state index in [0.29, 0.717) is 0 Å². The number of rotatable bonds is 0. The van der Waals surface area contributed by atoms with E-state index in [4.69, 9.17) is 0 Å². The number of fused-ring (bicyclic) bond motifs is 1. The van der Waals surface area contributed by atoms with Gasteiger partial charge in [-0.25, -0.2) is 0 Å². The largest absolute Gasteiger partial charge is 0.136 e. The van der Waals surface area contributed by atoms with E-state index >= 15 is 0 Å². The molecule has 0 spiro atoms. The lowest BCUT2D eigenvalue weighted by Crippen LogP contribution is -2.13. The standard InChI is InChI=1S/C10H8S/c1-7-8(2)11-10-6-4-3-5-9(7)10/h3-6H,1-2H2. The Morgan fingerprint density at radius 2 is 1.82 bits per heavy atom. The number of thiophene rings is 1. The lowest BCUT2D eigenvalue weighted by molar-refractivity contribution is 1.79. The third-order valence-corrected chi connectivity index (χ3v) is 2.85. The van der Waals surface area contributed by atoms with Crippen molar-refractivity contribution in [2.45, 2.75) is 0 Å². The van der Waals surface area contributed by atoms with Crippen LogP contribution in [-0.2, 0) is 0 Å². The minimum Gasteiger partial charge on any atom is -0.136 e. The van der Waals surface area contributed by atoms with Crippen molar-refractivity contribution >= 4 is 34.6 Å². The van der Waals surface area contributed by atoms with Crippen LogP contribution in [0.25, 0.3) is 23.2 Å². The SMILES string of the molecule is C=c1sc2ccccc2c1=C. The molecule has 0 bridgehead atoms. The maximum Gasteiger partial charge on any atom is 0.0354 e. The molecule has 0 amide bonds. The Kier molecular flexibility index (Phi) is 1.33. The van der Waals surface area contributed by atoms with Crippen molar-refractivity contribution in [3.05, 3.63) is 34.0 Å². The highest BCUT2D eigenvalue weighted by Gasteiger charge is 1.94. The summed E-state index contributed by atoms with van der Waals surface area (Å²) in [5.41, 5.74) is 0. The summed E-state index contributed by atoms with van der Waals surface area (Å²) >= 11 is 1.71. The molecule has 0 aliphatic rings. The van der Waals surface area contributed by atoms with Gasteiger partial charge in [0.25, 0.3) is 0 Å². The first-order valence-electron chi connectivity index (χ1n) is 3.44. The maximum atomic E-state index is 3.96. The van der Waals surface area contributed by atoms with Crippen LogP contribution in [0.4, 0.5) is 0 Å². The van der Waals surface area contributed by atoms with Crippen LogP contribution in [0.5, 0.6) is 0 Å². The number of hydrogen-bond donors (Lipinski definition) is 0. The van der Waals surface area contributed by atoms with Crippen molar-refractivity contribution in [3.8, 4) is 0 Å². The van der Waals surface area contributed by atoms with Crippen LogP contribution < -0.4 is 9.75 Å². The fourth-order valence-electron chi connectivity index (χ4n) is 1.15. The molecule has 54 valence electrons. The molecule has 0 fully saturated rings. The van der Waals surface area contributed by atoms with Gasteiger partial charge in [-0.2, -0.15) is 0 Å². The predicted octanol–water partition coefficient (Wildman–Crippen LogP) is 1.72. The molecular formula is C10H8S. The van der Waals surface area contributed by atoms with E-state index in [1.54, 1.807) is 11.3 Å². The van der Waals surface area contributed by atoms with E-state index in [9.17, 15) is 0 Å². The van der Waals surface area contributed by atoms with Crippen LogP contribution in [0.2, 0.25) is 0 Å². The molecule has 0 aliphatic heterocycles. The average Bonchev–Trinajstić information content (AvgIpc) is 2.30. The molecule has 0 saturated carbocycles. The van der Waals surface area contributed by atoms with Crippen molar-refractivity contribution in [3.63, 3.8) is 0 Å². The zero-order chi connectivity index (χ0) is 7.84. The van der Waals surface area contributed by atoms with Crippen molar-refractivity contribution in [1.82, 2.24) is 0 Å². The monoisotopic (exact) mass is 160 g/mol. The van der Waals surface area contributed by atoms with Gasteiger partial charge in [0.2, 0.25) is 0 Å². The quantitative estimate of drug-likeness (QED) is 0.550. The van der Waals surface area contributed by atoms with E-state index in [1.807, 2.05) is 12.1 Å². The van der Waals surface area contributed by atoms with Gasteiger partial charge in [-0.3, -0.25) is 0 Å². The Bertz CT molecular complexity index is 479. The highest BCUT2D eigenvalue weighted by Crippen LogP contribution is 2.10. The zero-order valence-electron chi connectivity index (χ0n) is 6.13. The first kappa shape index (κ1) is 6.62. The molecule has 0 unspecified atom stereocenters. The van der Waals surface area contributed by atoms with Crippen molar-refractivity contribution < 1.29 is 0 Å². The van der Waals surface area contributed by atoms with Gasteiger partial charge in [0.1, 0.15) is 0 Å². The molecule has 0 saturated heterocycles. The second kappa shape index (κ2) is 2.21. The van der Waals surface area contributed by atoms with Crippen molar-refractivity contribution in [1.29, 1.82) is 0 Å². The molecule has 0 nitrogen and oxygen atoms in total. The molecule has 0 N–H and O–H groups in total. The van der Waals surface area contributed by atoms with Crippen LogP contribution >= 0.6 is 11.3 Å². The Morgan fingerprint density at radius 1 is 1.09 bits per heavy atom. The number of hydrogen-bond acceptors (Lipinski definition) is 1. The Balaban J connectivity index is 3.17. The van der Waals surface area contributed by atoms with Gasteiger partial charge >= 0.3 is 0 Å². The van der Waals surface area contributed by atoms with E-state index in [0.717, 1.165) is 9.75 Å². The highest BCUT2D eigenvalue weighted by molar-refractivity contribution is 7.17. The average molecular weight is 160 g/mol. The van der Waals surface area contributed by atoms with E-state index < -0.39 is 0 Å². The minimum atomic E-state index is 1.07. The molecule has 1 heteroatoms. The lowest BCUT2D eigenvalue weighted by Gasteiger charge is -1.83. The fraction of sp³-hybridized carbons (Fsp3) is 0. The summed E-state index contributed by atoms with van der Waals surface area (Å²) in [5.74, 6) is 0. The Morgan fingerprint density at radius 3 is 2.55 bits per heavy atom. The molecule has 2 aromatic rings.